The highest BCUT2D eigenvalue weighted by atomic mass is 16.2. The molecule has 1 atom stereocenters. The van der Waals surface area contributed by atoms with Gasteiger partial charge >= 0.3 is 0 Å². The number of amides is 1. The van der Waals surface area contributed by atoms with E-state index < -0.39 is 0 Å². The second-order valence-electron chi connectivity index (χ2n) is 6.62. The predicted molar refractivity (Wildman–Crippen MR) is 99.3 cm³/mol. The zero-order valence-corrected chi connectivity index (χ0v) is 15.0. The molecule has 1 amide bonds. The van der Waals surface area contributed by atoms with Gasteiger partial charge < -0.3 is 9.47 Å². The Hall–Kier alpha value is -2.89. The van der Waals surface area contributed by atoms with Crippen molar-refractivity contribution in [2.75, 3.05) is 13.1 Å². The molecule has 1 aliphatic heterocycles. The Kier molecular flexibility index (Phi) is 4.56. The summed E-state index contributed by atoms with van der Waals surface area (Å²) in [5.41, 5.74) is 1.51. The van der Waals surface area contributed by atoms with Crippen LogP contribution in [-0.2, 0) is 6.42 Å². The molecule has 0 N–H and O–H groups in total. The molecule has 3 heterocycles. The average molecular weight is 349 g/mol. The summed E-state index contributed by atoms with van der Waals surface area (Å²) in [7, 11) is 0. The molecular formula is C20H23N5O. The van der Waals surface area contributed by atoms with Crippen LogP contribution in [0, 0.1) is 0 Å². The molecule has 0 spiro atoms. The fourth-order valence-electron chi connectivity index (χ4n) is 3.75. The van der Waals surface area contributed by atoms with Crippen molar-refractivity contribution < 1.29 is 4.79 Å². The first-order chi connectivity index (χ1) is 12.8. The van der Waals surface area contributed by atoms with E-state index in [0.717, 1.165) is 43.9 Å². The number of carbonyl (C=O) groups is 1. The minimum atomic E-state index is 0.0685. The lowest BCUT2D eigenvalue weighted by Gasteiger charge is -2.34. The molecule has 2 aromatic heterocycles. The van der Waals surface area contributed by atoms with Gasteiger partial charge in [0.25, 0.3) is 5.91 Å². The molecule has 6 nitrogen and oxygen atoms in total. The normalized spacial score (nSPS) is 17.4. The van der Waals surface area contributed by atoms with Crippen LogP contribution >= 0.6 is 0 Å². The van der Waals surface area contributed by atoms with E-state index in [4.69, 9.17) is 0 Å². The van der Waals surface area contributed by atoms with Gasteiger partial charge in [0.2, 0.25) is 0 Å². The number of hydrogen-bond donors (Lipinski definition) is 0. The van der Waals surface area contributed by atoms with Crippen molar-refractivity contribution in [2.45, 2.75) is 32.2 Å². The lowest BCUT2D eigenvalue weighted by Crippen LogP contribution is -2.41. The number of aryl methyl sites for hydroxylation is 1. The Morgan fingerprint density at radius 2 is 2.08 bits per heavy atom. The third-order valence-electron chi connectivity index (χ3n) is 5.03. The number of carbonyl (C=O) groups excluding carboxylic acids is 1. The monoisotopic (exact) mass is 349 g/mol. The molecule has 1 aromatic carbocycles. The average Bonchev–Trinajstić information content (AvgIpc) is 3.39. The summed E-state index contributed by atoms with van der Waals surface area (Å²) in [6.07, 6.45) is 10.5. The SMILES string of the molecule is CCc1nccn1[C@@H]1CCCN(C(=O)c2ccccc2-n2cccn2)C1. The smallest absolute Gasteiger partial charge is 0.256 e. The maximum atomic E-state index is 13.2. The minimum Gasteiger partial charge on any atom is -0.337 e. The minimum absolute atomic E-state index is 0.0685. The van der Waals surface area contributed by atoms with Crippen molar-refractivity contribution in [3.63, 3.8) is 0 Å². The first-order valence-electron chi connectivity index (χ1n) is 9.18. The van der Waals surface area contributed by atoms with Gasteiger partial charge in [0.15, 0.2) is 0 Å². The summed E-state index contributed by atoms with van der Waals surface area (Å²) in [4.78, 5) is 19.6. The van der Waals surface area contributed by atoms with Gasteiger partial charge in [-0.05, 0) is 31.0 Å². The summed E-state index contributed by atoms with van der Waals surface area (Å²) in [5, 5.41) is 4.29. The van der Waals surface area contributed by atoms with Crippen LogP contribution in [0.15, 0.2) is 55.1 Å². The number of rotatable bonds is 4. The summed E-state index contributed by atoms with van der Waals surface area (Å²) < 4.78 is 3.98. The lowest BCUT2D eigenvalue weighted by atomic mass is 10.0. The zero-order chi connectivity index (χ0) is 17.9. The highest BCUT2D eigenvalue weighted by Gasteiger charge is 2.27. The molecule has 0 unspecified atom stereocenters. The second kappa shape index (κ2) is 7.15. The summed E-state index contributed by atoms with van der Waals surface area (Å²) >= 11 is 0. The Balaban J connectivity index is 1.59. The van der Waals surface area contributed by atoms with Crippen molar-refractivity contribution in [3.05, 3.63) is 66.5 Å². The Morgan fingerprint density at radius 3 is 2.88 bits per heavy atom. The fourth-order valence-corrected chi connectivity index (χ4v) is 3.75. The van der Waals surface area contributed by atoms with Crippen molar-refractivity contribution in [3.8, 4) is 5.69 Å². The third-order valence-corrected chi connectivity index (χ3v) is 5.03. The Morgan fingerprint density at radius 1 is 1.19 bits per heavy atom. The Labute approximate surface area is 153 Å². The maximum Gasteiger partial charge on any atom is 0.256 e. The molecule has 0 saturated carbocycles. The topological polar surface area (TPSA) is 56.0 Å². The van der Waals surface area contributed by atoms with E-state index in [1.54, 1.807) is 10.9 Å². The van der Waals surface area contributed by atoms with Crippen LogP contribution in [-0.4, -0.2) is 43.2 Å². The molecule has 1 saturated heterocycles. The second-order valence-corrected chi connectivity index (χ2v) is 6.62. The maximum absolute atomic E-state index is 13.2. The van der Waals surface area contributed by atoms with Crippen LogP contribution in [0.1, 0.15) is 42.0 Å². The molecule has 0 bridgehead atoms. The summed E-state index contributed by atoms with van der Waals surface area (Å²) in [6, 6.07) is 9.83. The van der Waals surface area contributed by atoms with Crippen LogP contribution < -0.4 is 0 Å². The molecule has 134 valence electrons. The van der Waals surface area contributed by atoms with E-state index in [2.05, 4.69) is 21.6 Å². The fraction of sp³-hybridized carbons (Fsp3) is 0.350. The van der Waals surface area contributed by atoms with Gasteiger partial charge in [-0.2, -0.15) is 5.10 Å². The van der Waals surface area contributed by atoms with E-state index in [1.807, 2.05) is 53.8 Å². The van der Waals surface area contributed by atoms with Gasteiger partial charge in [0, 0.05) is 44.3 Å². The predicted octanol–water partition coefficient (Wildman–Crippen LogP) is 3.11. The number of para-hydroxylation sites is 1. The van der Waals surface area contributed by atoms with Crippen molar-refractivity contribution in [1.82, 2.24) is 24.2 Å². The zero-order valence-electron chi connectivity index (χ0n) is 15.0. The van der Waals surface area contributed by atoms with Crippen molar-refractivity contribution in [1.29, 1.82) is 0 Å². The van der Waals surface area contributed by atoms with Gasteiger partial charge in [-0.1, -0.05) is 19.1 Å². The first-order valence-corrected chi connectivity index (χ1v) is 9.18. The highest BCUT2D eigenvalue weighted by molar-refractivity contribution is 5.97. The van der Waals surface area contributed by atoms with Crippen molar-refractivity contribution >= 4 is 5.91 Å². The molecule has 0 radical (unpaired) electrons. The van der Waals surface area contributed by atoms with E-state index >= 15 is 0 Å². The largest absolute Gasteiger partial charge is 0.337 e. The summed E-state index contributed by atoms with van der Waals surface area (Å²) in [5.74, 6) is 1.15. The van der Waals surface area contributed by atoms with Crippen LogP contribution in [0.2, 0.25) is 0 Å². The number of likely N-dealkylation sites (tertiary alicyclic amines) is 1. The standard InChI is InChI=1S/C20H23N5O/c1-2-19-21-11-14-24(19)16-7-5-12-23(15-16)20(26)17-8-3-4-9-18(17)25-13-6-10-22-25/h3-4,6,8-11,13-14,16H,2,5,7,12,15H2,1H3/t16-/m1/s1. The molecule has 1 fully saturated rings. The van der Waals surface area contributed by atoms with E-state index in [0.29, 0.717) is 11.6 Å². The van der Waals surface area contributed by atoms with Gasteiger partial charge in [0.1, 0.15) is 5.82 Å². The number of imidazole rings is 1. The molecule has 4 rings (SSSR count). The van der Waals surface area contributed by atoms with Gasteiger partial charge in [-0.25, -0.2) is 9.67 Å². The van der Waals surface area contributed by atoms with Crippen LogP contribution in [0.25, 0.3) is 5.69 Å². The van der Waals surface area contributed by atoms with Crippen molar-refractivity contribution in [2.24, 2.45) is 0 Å². The van der Waals surface area contributed by atoms with Gasteiger partial charge in [-0.15, -0.1) is 0 Å². The number of piperidine rings is 1. The Bertz CT molecular complexity index is 883. The third kappa shape index (κ3) is 3.03. The number of benzene rings is 1. The quantitative estimate of drug-likeness (QED) is 0.727. The van der Waals surface area contributed by atoms with Gasteiger partial charge in [0.05, 0.1) is 17.3 Å². The molecule has 1 aliphatic rings. The molecule has 3 aromatic rings. The number of aromatic nitrogens is 4. The number of nitrogens with zero attached hydrogens (tertiary/aromatic N) is 5. The van der Waals surface area contributed by atoms with Crippen LogP contribution in [0.5, 0.6) is 0 Å². The van der Waals surface area contributed by atoms with Crippen LogP contribution in [0.4, 0.5) is 0 Å². The first kappa shape index (κ1) is 16.6. The molecule has 26 heavy (non-hydrogen) atoms. The van der Waals surface area contributed by atoms with Crippen LogP contribution in [0.3, 0.4) is 0 Å². The molecule has 0 aliphatic carbocycles. The van der Waals surface area contributed by atoms with E-state index in [-0.39, 0.29) is 5.91 Å². The van der Waals surface area contributed by atoms with Gasteiger partial charge in [-0.3, -0.25) is 4.79 Å². The highest BCUT2D eigenvalue weighted by Crippen LogP contribution is 2.25. The summed E-state index contributed by atoms with van der Waals surface area (Å²) in [6.45, 7) is 3.62. The van der Waals surface area contributed by atoms with E-state index in [1.165, 1.54) is 0 Å². The lowest BCUT2D eigenvalue weighted by molar-refractivity contribution is 0.0678. The van der Waals surface area contributed by atoms with E-state index in [9.17, 15) is 4.79 Å². The molecular weight excluding hydrogens is 326 g/mol. The number of hydrogen-bond acceptors (Lipinski definition) is 3. The molecule has 6 heteroatoms.